The minimum absolute atomic E-state index is 0.0718. The molecule has 2 aliphatic heterocycles. The molecule has 3 aromatic rings. The molecule has 0 saturated carbocycles. The molecular formula is C27H35FN8O2. The van der Waals surface area contributed by atoms with Crippen LogP contribution in [-0.2, 0) is 4.74 Å². The fourth-order valence-electron chi connectivity index (χ4n) is 5.15. The van der Waals surface area contributed by atoms with Crippen molar-refractivity contribution >= 4 is 17.5 Å². The molecule has 1 unspecified atom stereocenters. The number of aromatic nitrogens is 5. The van der Waals surface area contributed by atoms with E-state index in [2.05, 4.69) is 44.0 Å². The number of ether oxygens (including phenoxy) is 1. The summed E-state index contributed by atoms with van der Waals surface area (Å²) >= 11 is 0. The van der Waals surface area contributed by atoms with E-state index in [0.717, 1.165) is 44.4 Å². The van der Waals surface area contributed by atoms with Gasteiger partial charge in [0.25, 0.3) is 5.91 Å². The van der Waals surface area contributed by atoms with Crippen molar-refractivity contribution in [1.82, 2.24) is 34.3 Å². The Kier molecular flexibility index (Phi) is 7.94. The van der Waals surface area contributed by atoms with Crippen molar-refractivity contribution < 1.29 is 13.9 Å². The molecule has 0 aromatic carbocycles. The average Bonchev–Trinajstić information content (AvgIpc) is 3.35. The zero-order valence-corrected chi connectivity index (χ0v) is 22.2. The molecule has 11 heteroatoms. The van der Waals surface area contributed by atoms with Gasteiger partial charge in [0.2, 0.25) is 5.95 Å². The maximum atomic E-state index is 14.9. The Labute approximate surface area is 222 Å². The first-order valence-corrected chi connectivity index (χ1v) is 13.4. The fourth-order valence-corrected chi connectivity index (χ4v) is 5.15. The number of imidazole rings is 1. The van der Waals surface area contributed by atoms with Crippen molar-refractivity contribution in [2.45, 2.75) is 52.1 Å². The Balaban J connectivity index is 1.28. The SMILES string of the molecule is CCC(C)N1CCN(C(=O)c2ccc(Nc3ncc(F)c(-c4cnc(C)n4C4CCOCC4)n3)cn2)CC1. The average molecular weight is 523 g/mol. The van der Waals surface area contributed by atoms with Crippen LogP contribution < -0.4 is 5.32 Å². The molecule has 1 atom stereocenters. The lowest BCUT2D eigenvalue weighted by atomic mass is 10.1. The van der Waals surface area contributed by atoms with Gasteiger partial charge in [-0.3, -0.25) is 9.69 Å². The molecule has 0 spiro atoms. The highest BCUT2D eigenvalue weighted by Crippen LogP contribution is 2.31. The molecule has 0 bridgehead atoms. The van der Waals surface area contributed by atoms with Gasteiger partial charge in [-0.2, -0.15) is 0 Å². The number of amides is 1. The predicted octanol–water partition coefficient (Wildman–Crippen LogP) is 3.83. The molecule has 2 fully saturated rings. The third-order valence-electron chi connectivity index (χ3n) is 7.58. The Morgan fingerprint density at radius 1 is 1.11 bits per heavy atom. The van der Waals surface area contributed by atoms with Gasteiger partial charge in [-0.1, -0.05) is 6.92 Å². The van der Waals surface area contributed by atoms with Crippen molar-refractivity contribution in [3.05, 3.63) is 48.1 Å². The van der Waals surface area contributed by atoms with E-state index in [1.54, 1.807) is 24.5 Å². The van der Waals surface area contributed by atoms with Crippen LogP contribution in [0.3, 0.4) is 0 Å². The molecule has 202 valence electrons. The number of piperazine rings is 1. The first-order valence-electron chi connectivity index (χ1n) is 13.4. The Morgan fingerprint density at radius 3 is 2.55 bits per heavy atom. The maximum absolute atomic E-state index is 14.9. The molecule has 0 aliphatic carbocycles. The molecule has 0 radical (unpaired) electrons. The molecule has 1 amide bonds. The van der Waals surface area contributed by atoms with Crippen LogP contribution in [0.2, 0.25) is 0 Å². The highest BCUT2D eigenvalue weighted by Gasteiger charge is 2.26. The second kappa shape index (κ2) is 11.5. The Morgan fingerprint density at radius 2 is 1.87 bits per heavy atom. The molecular weight excluding hydrogens is 487 g/mol. The van der Waals surface area contributed by atoms with Crippen LogP contribution in [0.25, 0.3) is 11.4 Å². The zero-order valence-electron chi connectivity index (χ0n) is 22.2. The Hall–Kier alpha value is -3.44. The molecule has 2 aliphatic rings. The van der Waals surface area contributed by atoms with E-state index >= 15 is 0 Å². The van der Waals surface area contributed by atoms with Crippen LogP contribution in [0.5, 0.6) is 0 Å². The van der Waals surface area contributed by atoms with Gasteiger partial charge in [-0.05, 0) is 45.2 Å². The van der Waals surface area contributed by atoms with E-state index in [1.807, 2.05) is 16.4 Å². The topological polar surface area (TPSA) is 101 Å². The highest BCUT2D eigenvalue weighted by atomic mass is 19.1. The Bertz CT molecular complexity index is 1250. The van der Waals surface area contributed by atoms with E-state index in [0.29, 0.717) is 49.4 Å². The van der Waals surface area contributed by atoms with Gasteiger partial charge in [0.05, 0.1) is 30.0 Å². The summed E-state index contributed by atoms with van der Waals surface area (Å²) in [5.41, 5.74) is 1.80. The van der Waals surface area contributed by atoms with Gasteiger partial charge < -0.3 is 19.5 Å². The third-order valence-corrected chi connectivity index (χ3v) is 7.58. The van der Waals surface area contributed by atoms with E-state index in [4.69, 9.17) is 4.74 Å². The lowest BCUT2D eigenvalue weighted by Gasteiger charge is -2.37. The molecule has 10 nitrogen and oxygen atoms in total. The van der Waals surface area contributed by atoms with Gasteiger partial charge >= 0.3 is 0 Å². The van der Waals surface area contributed by atoms with E-state index in [-0.39, 0.29) is 23.6 Å². The summed E-state index contributed by atoms with van der Waals surface area (Å²) in [5.74, 6) is 0.458. The number of anilines is 2. The second-order valence-electron chi connectivity index (χ2n) is 9.94. The van der Waals surface area contributed by atoms with E-state index < -0.39 is 5.82 Å². The smallest absolute Gasteiger partial charge is 0.272 e. The third kappa shape index (κ3) is 5.53. The quantitative estimate of drug-likeness (QED) is 0.500. The molecule has 5 heterocycles. The first kappa shape index (κ1) is 26.2. The summed E-state index contributed by atoms with van der Waals surface area (Å²) in [6.45, 7) is 10.8. The van der Waals surface area contributed by atoms with Crippen molar-refractivity contribution in [2.24, 2.45) is 0 Å². The van der Waals surface area contributed by atoms with Crippen molar-refractivity contribution in [3.63, 3.8) is 0 Å². The largest absolute Gasteiger partial charge is 0.381 e. The van der Waals surface area contributed by atoms with Crippen LogP contribution >= 0.6 is 0 Å². The van der Waals surface area contributed by atoms with Gasteiger partial charge in [-0.15, -0.1) is 0 Å². The minimum atomic E-state index is -0.517. The number of pyridine rings is 1. The number of carbonyl (C=O) groups excluding carboxylic acids is 1. The van der Waals surface area contributed by atoms with Crippen LogP contribution in [0.1, 0.15) is 55.5 Å². The number of nitrogens with one attached hydrogen (secondary N) is 1. The van der Waals surface area contributed by atoms with Gasteiger partial charge in [-0.25, -0.2) is 24.3 Å². The molecule has 3 aromatic heterocycles. The maximum Gasteiger partial charge on any atom is 0.272 e. The molecule has 38 heavy (non-hydrogen) atoms. The normalized spacial score (nSPS) is 17.9. The summed E-state index contributed by atoms with van der Waals surface area (Å²) < 4.78 is 22.4. The summed E-state index contributed by atoms with van der Waals surface area (Å²) in [5, 5.41) is 3.08. The van der Waals surface area contributed by atoms with Crippen molar-refractivity contribution in [2.75, 3.05) is 44.7 Å². The highest BCUT2D eigenvalue weighted by molar-refractivity contribution is 5.92. The number of hydrogen-bond donors (Lipinski definition) is 1. The summed E-state index contributed by atoms with van der Waals surface area (Å²) in [6, 6.07) is 4.16. The van der Waals surface area contributed by atoms with E-state index in [9.17, 15) is 9.18 Å². The predicted molar refractivity (Wildman–Crippen MR) is 142 cm³/mol. The standard InChI is InChI=1S/C27H35FN8O2/c1-4-18(2)34-9-11-35(12-10-34)26(37)23-6-5-20(15-30-23)32-27-31-16-22(28)25(33-27)24-17-29-19(3)36(24)21-7-13-38-14-8-21/h5-6,15-18,21H,4,7-14H2,1-3H3,(H,31,32,33). The van der Waals surface area contributed by atoms with Crippen molar-refractivity contribution in [3.8, 4) is 11.4 Å². The molecule has 2 saturated heterocycles. The van der Waals surface area contributed by atoms with Gasteiger partial charge in [0.1, 0.15) is 17.2 Å². The zero-order chi connectivity index (χ0) is 26.6. The van der Waals surface area contributed by atoms with Gasteiger partial charge in [0.15, 0.2) is 5.82 Å². The number of rotatable bonds is 7. The number of hydrogen-bond acceptors (Lipinski definition) is 8. The van der Waals surface area contributed by atoms with Crippen LogP contribution in [-0.4, -0.2) is 85.6 Å². The first-order chi connectivity index (χ1) is 18.4. The second-order valence-corrected chi connectivity index (χ2v) is 9.94. The number of halogens is 1. The number of carbonyl (C=O) groups is 1. The number of aryl methyl sites for hydroxylation is 1. The lowest BCUT2D eigenvalue weighted by Crippen LogP contribution is -2.51. The molecule has 5 rings (SSSR count). The van der Waals surface area contributed by atoms with Crippen LogP contribution in [0.15, 0.2) is 30.7 Å². The van der Waals surface area contributed by atoms with Crippen LogP contribution in [0, 0.1) is 12.7 Å². The van der Waals surface area contributed by atoms with Gasteiger partial charge in [0, 0.05) is 51.5 Å². The minimum Gasteiger partial charge on any atom is -0.381 e. The van der Waals surface area contributed by atoms with Crippen LogP contribution in [0.4, 0.5) is 16.0 Å². The van der Waals surface area contributed by atoms with E-state index in [1.165, 1.54) is 0 Å². The summed E-state index contributed by atoms with van der Waals surface area (Å²) in [6.07, 6.45) is 7.17. The molecule has 1 N–H and O–H groups in total. The fraction of sp³-hybridized carbons (Fsp3) is 0.519. The lowest BCUT2D eigenvalue weighted by molar-refractivity contribution is 0.0574. The summed E-state index contributed by atoms with van der Waals surface area (Å²) in [7, 11) is 0. The number of nitrogens with zero attached hydrogens (tertiary/aromatic N) is 7. The van der Waals surface area contributed by atoms with Crippen molar-refractivity contribution in [1.29, 1.82) is 0 Å². The monoisotopic (exact) mass is 522 g/mol. The summed E-state index contributed by atoms with van der Waals surface area (Å²) in [4.78, 5) is 34.6.